The molecule has 0 aliphatic carbocycles. The highest BCUT2D eigenvalue weighted by Gasteiger charge is 2.25. The smallest absolute Gasteiger partial charge is 0.293 e. The standard InChI is InChI=1S/C18H23N3O3/c1-6-15(13-7-9-14(24-5)10-8-13)19-18(23)17(22)16-11(2)20-21(4)12(16)3/h7-10,15H,6H2,1-5H3,(H,19,23). The molecule has 1 heterocycles. The topological polar surface area (TPSA) is 73.2 Å². The van der Waals surface area contributed by atoms with E-state index in [0.29, 0.717) is 23.4 Å². The van der Waals surface area contributed by atoms with E-state index in [-0.39, 0.29) is 6.04 Å². The van der Waals surface area contributed by atoms with E-state index in [2.05, 4.69) is 10.4 Å². The minimum absolute atomic E-state index is 0.232. The Labute approximate surface area is 141 Å². The molecule has 0 bridgehead atoms. The van der Waals surface area contributed by atoms with E-state index in [4.69, 9.17) is 4.74 Å². The van der Waals surface area contributed by atoms with Gasteiger partial charge in [0, 0.05) is 12.7 Å². The highest BCUT2D eigenvalue weighted by molar-refractivity contribution is 6.43. The average molecular weight is 329 g/mol. The van der Waals surface area contributed by atoms with Crippen LogP contribution in [0.2, 0.25) is 0 Å². The number of Topliss-reactive ketones (excluding diaryl/α,β-unsaturated/α-hetero) is 1. The molecule has 0 radical (unpaired) electrons. The van der Waals surface area contributed by atoms with Gasteiger partial charge in [0.25, 0.3) is 11.7 Å². The highest BCUT2D eigenvalue weighted by Crippen LogP contribution is 2.21. The first kappa shape index (κ1) is 17.7. The molecule has 0 saturated heterocycles. The molecule has 0 spiro atoms. The number of hydrogen-bond acceptors (Lipinski definition) is 4. The third kappa shape index (κ3) is 3.48. The van der Waals surface area contributed by atoms with Gasteiger partial charge in [0.1, 0.15) is 5.75 Å². The maximum atomic E-state index is 12.5. The number of hydrogen-bond donors (Lipinski definition) is 1. The lowest BCUT2D eigenvalue weighted by molar-refractivity contribution is -0.117. The van der Waals surface area contributed by atoms with Gasteiger partial charge >= 0.3 is 0 Å². The number of amides is 1. The number of nitrogens with zero attached hydrogens (tertiary/aromatic N) is 2. The first-order chi connectivity index (χ1) is 11.4. The summed E-state index contributed by atoms with van der Waals surface area (Å²) in [6, 6.07) is 7.21. The van der Waals surface area contributed by atoms with Crippen LogP contribution in [0, 0.1) is 13.8 Å². The number of ether oxygens (including phenoxy) is 1. The lowest BCUT2D eigenvalue weighted by Crippen LogP contribution is -2.34. The molecule has 1 aromatic carbocycles. The second-order valence-corrected chi connectivity index (χ2v) is 5.71. The summed E-state index contributed by atoms with van der Waals surface area (Å²) >= 11 is 0. The van der Waals surface area contributed by atoms with E-state index >= 15 is 0 Å². The molecule has 6 heteroatoms. The summed E-state index contributed by atoms with van der Waals surface area (Å²) in [4.78, 5) is 24.9. The maximum absolute atomic E-state index is 12.5. The van der Waals surface area contributed by atoms with Crippen LogP contribution in [0.1, 0.15) is 46.7 Å². The van der Waals surface area contributed by atoms with E-state index in [9.17, 15) is 9.59 Å². The maximum Gasteiger partial charge on any atom is 0.293 e. The molecule has 6 nitrogen and oxygen atoms in total. The van der Waals surface area contributed by atoms with Gasteiger partial charge in [-0.3, -0.25) is 14.3 Å². The third-order valence-electron chi connectivity index (χ3n) is 4.17. The van der Waals surface area contributed by atoms with Crippen molar-refractivity contribution in [3.8, 4) is 5.75 Å². The van der Waals surface area contributed by atoms with E-state index < -0.39 is 11.7 Å². The molecule has 1 amide bonds. The van der Waals surface area contributed by atoms with E-state index in [1.165, 1.54) is 0 Å². The number of rotatable bonds is 6. The van der Waals surface area contributed by atoms with Crippen molar-refractivity contribution in [1.29, 1.82) is 0 Å². The van der Waals surface area contributed by atoms with Crippen LogP contribution in [-0.2, 0) is 11.8 Å². The summed E-state index contributed by atoms with van der Waals surface area (Å²) in [7, 11) is 3.36. The summed E-state index contributed by atoms with van der Waals surface area (Å²) in [5.41, 5.74) is 2.55. The summed E-state index contributed by atoms with van der Waals surface area (Å²) in [5.74, 6) is -0.417. The Bertz CT molecular complexity index is 748. The van der Waals surface area contributed by atoms with E-state index in [1.54, 1.807) is 32.7 Å². The minimum Gasteiger partial charge on any atom is -0.497 e. The van der Waals surface area contributed by atoms with Gasteiger partial charge in [-0.15, -0.1) is 0 Å². The van der Waals surface area contributed by atoms with Crippen molar-refractivity contribution in [3.63, 3.8) is 0 Å². The second kappa shape index (κ2) is 7.29. The molecule has 0 aliphatic rings. The summed E-state index contributed by atoms with van der Waals surface area (Å²) in [6.45, 7) is 5.47. The predicted octanol–water partition coefficient (Wildman–Crippen LogP) is 2.50. The van der Waals surface area contributed by atoms with Crippen LogP contribution in [0.3, 0.4) is 0 Å². The van der Waals surface area contributed by atoms with Crippen molar-refractivity contribution in [3.05, 3.63) is 46.8 Å². The third-order valence-corrected chi connectivity index (χ3v) is 4.17. The Morgan fingerprint density at radius 1 is 1.25 bits per heavy atom. The molecule has 1 unspecified atom stereocenters. The van der Waals surface area contributed by atoms with Gasteiger partial charge in [0.05, 0.1) is 24.4 Å². The normalized spacial score (nSPS) is 11.9. The average Bonchev–Trinajstić information content (AvgIpc) is 2.84. The zero-order chi connectivity index (χ0) is 17.9. The number of nitrogens with one attached hydrogen (secondary N) is 1. The van der Waals surface area contributed by atoms with E-state index in [1.807, 2.05) is 31.2 Å². The number of methoxy groups -OCH3 is 1. The number of carbonyl (C=O) groups excluding carboxylic acids is 2. The Hall–Kier alpha value is -2.63. The second-order valence-electron chi connectivity index (χ2n) is 5.71. The molecular formula is C18H23N3O3. The van der Waals surface area contributed by atoms with Crippen molar-refractivity contribution in [2.24, 2.45) is 7.05 Å². The van der Waals surface area contributed by atoms with Crippen molar-refractivity contribution < 1.29 is 14.3 Å². The van der Waals surface area contributed by atoms with Crippen LogP contribution < -0.4 is 10.1 Å². The number of ketones is 1. The number of aryl methyl sites for hydroxylation is 2. The van der Waals surface area contributed by atoms with Gasteiger partial charge in [0.2, 0.25) is 0 Å². The molecule has 2 aromatic rings. The summed E-state index contributed by atoms with van der Waals surface area (Å²) < 4.78 is 6.75. The number of carbonyl (C=O) groups is 2. The Morgan fingerprint density at radius 3 is 2.33 bits per heavy atom. The van der Waals surface area contributed by atoms with Gasteiger partial charge in [-0.25, -0.2) is 0 Å². The fourth-order valence-corrected chi connectivity index (χ4v) is 2.70. The minimum atomic E-state index is -0.614. The molecule has 24 heavy (non-hydrogen) atoms. The van der Waals surface area contributed by atoms with Crippen molar-refractivity contribution in [2.75, 3.05) is 7.11 Å². The van der Waals surface area contributed by atoms with Gasteiger partial charge < -0.3 is 10.1 Å². The van der Waals surface area contributed by atoms with Gasteiger partial charge in [-0.1, -0.05) is 19.1 Å². The highest BCUT2D eigenvalue weighted by atomic mass is 16.5. The molecule has 128 valence electrons. The fourth-order valence-electron chi connectivity index (χ4n) is 2.70. The molecule has 0 aliphatic heterocycles. The van der Waals surface area contributed by atoms with Crippen molar-refractivity contribution >= 4 is 11.7 Å². The van der Waals surface area contributed by atoms with Gasteiger partial charge in [0.15, 0.2) is 0 Å². The Morgan fingerprint density at radius 2 is 1.88 bits per heavy atom. The first-order valence-electron chi connectivity index (χ1n) is 7.88. The zero-order valence-electron chi connectivity index (χ0n) is 14.7. The molecule has 1 N–H and O–H groups in total. The SMILES string of the molecule is CCC(NC(=O)C(=O)c1c(C)nn(C)c1C)c1ccc(OC)cc1. The molecule has 0 fully saturated rings. The quantitative estimate of drug-likeness (QED) is 0.653. The predicted molar refractivity (Wildman–Crippen MR) is 91.2 cm³/mol. The lowest BCUT2D eigenvalue weighted by Gasteiger charge is -2.17. The summed E-state index contributed by atoms with van der Waals surface area (Å²) in [5, 5.41) is 7.01. The number of benzene rings is 1. The van der Waals surface area contributed by atoms with Crippen molar-refractivity contribution in [2.45, 2.75) is 33.2 Å². The van der Waals surface area contributed by atoms with Crippen LogP contribution in [0.5, 0.6) is 5.75 Å². The Kier molecular flexibility index (Phi) is 5.39. The van der Waals surface area contributed by atoms with Gasteiger partial charge in [-0.05, 0) is 38.0 Å². The Balaban J connectivity index is 2.17. The largest absolute Gasteiger partial charge is 0.497 e. The fraction of sp³-hybridized carbons (Fsp3) is 0.389. The first-order valence-corrected chi connectivity index (χ1v) is 7.88. The van der Waals surface area contributed by atoms with Crippen LogP contribution >= 0.6 is 0 Å². The van der Waals surface area contributed by atoms with Crippen LogP contribution in [0.25, 0.3) is 0 Å². The molecular weight excluding hydrogens is 306 g/mol. The van der Waals surface area contributed by atoms with Crippen LogP contribution in [0.4, 0.5) is 0 Å². The molecule has 2 rings (SSSR count). The summed E-state index contributed by atoms with van der Waals surface area (Å²) in [6.07, 6.45) is 0.677. The monoisotopic (exact) mass is 329 g/mol. The molecule has 0 saturated carbocycles. The molecule has 1 aromatic heterocycles. The zero-order valence-corrected chi connectivity index (χ0v) is 14.7. The van der Waals surface area contributed by atoms with E-state index in [0.717, 1.165) is 11.3 Å². The number of aromatic nitrogens is 2. The van der Waals surface area contributed by atoms with Gasteiger partial charge in [-0.2, -0.15) is 5.10 Å². The van der Waals surface area contributed by atoms with Crippen LogP contribution in [0.15, 0.2) is 24.3 Å². The van der Waals surface area contributed by atoms with Crippen molar-refractivity contribution in [1.82, 2.24) is 15.1 Å². The molecule has 1 atom stereocenters. The lowest BCUT2D eigenvalue weighted by atomic mass is 10.0. The van der Waals surface area contributed by atoms with Crippen LogP contribution in [-0.4, -0.2) is 28.6 Å².